The quantitative estimate of drug-likeness (QED) is 0.615. The second-order valence-corrected chi connectivity index (χ2v) is 8.71. The van der Waals surface area contributed by atoms with E-state index in [0.717, 1.165) is 5.56 Å². The zero-order valence-electron chi connectivity index (χ0n) is 17.1. The third kappa shape index (κ3) is 4.98. The Bertz CT molecular complexity index is 981. The van der Waals surface area contributed by atoms with Gasteiger partial charge in [-0.3, -0.25) is 0 Å². The van der Waals surface area contributed by atoms with Crippen molar-refractivity contribution in [3.8, 4) is 0 Å². The lowest BCUT2D eigenvalue weighted by Crippen LogP contribution is -2.12. The zero-order valence-corrected chi connectivity index (χ0v) is 17.9. The van der Waals surface area contributed by atoms with Crippen LogP contribution in [0.3, 0.4) is 0 Å². The SMILES string of the molecule is CCOC(=O)C1=C(O)/C(=C/c2ccc(C(C)(C)C)cc2)SC1=Nc1ccccc1. The number of para-hydroxylation sites is 1. The average Bonchev–Trinajstić information content (AvgIpc) is 2.97. The van der Waals surface area contributed by atoms with E-state index in [1.807, 2.05) is 48.5 Å². The maximum Gasteiger partial charge on any atom is 0.344 e. The lowest BCUT2D eigenvalue weighted by molar-refractivity contribution is -0.138. The number of esters is 1. The van der Waals surface area contributed by atoms with E-state index < -0.39 is 5.97 Å². The monoisotopic (exact) mass is 407 g/mol. The number of benzene rings is 2. The number of thioether (sulfide) groups is 1. The van der Waals surface area contributed by atoms with E-state index in [0.29, 0.717) is 15.6 Å². The van der Waals surface area contributed by atoms with Crippen LogP contribution in [0.25, 0.3) is 6.08 Å². The number of nitrogens with zero attached hydrogens (tertiary/aromatic N) is 1. The lowest BCUT2D eigenvalue weighted by Gasteiger charge is -2.18. The van der Waals surface area contributed by atoms with Gasteiger partial charge in [-0.05, 0) is 41.7 Å². The van der Waals surface area contributed by atoms with E-state index in [9.17, 15) is 9.90 Å². The van der Waals surface area contributed by atoms with Crippen LogP contribution in [0.1, 0.15) is 38.8 Å². The molecule has 0 aliphatic carbocycles. The molecular formula is C24H25NO3S. The molecule has 5 heteroatoms. The van der Waals surface area contributed by atoms with Crippen molar-refractivity contribution in [3.05, 3.63) is 82.0 Å². The first kappa shape index (κ1) is 20.9. The summed E-state index contributed by atoms with van der Waals surface area (Å²) >= 11 is 1.27. The Balaban J connectivity index is 1.98. The minimum absolute atomic E-state index is 0.0718. The Morgan fingerprint density at radius 1 is 1.10 bits per heavy atom. The van der Waals surface area contributed by atoms with Gasteiger partial charge >= 0.3 is 5.97 Å². The first-order valence-electron chi connectivity index (χ1n) is 9.54. The standard InChI is InChI=1S/C24H25NO3S/c1-5-28-23(27)20-21(26)19(29-22(20)25-18-9-7-6-8-10-18)15-16-11-13-17(14-12-16)24(2,3)4/h6-15,26H,5H2,1-4H3/b19-15-,25-22?. The van der Waals surface area contributed by atoms with Gasteiger partial charge in [-0.15, -0.1) is 0 Å². The second kappa shape index (κ2) is 8.70. The topological polar surface area (TPSA) is 58.9 Å². The minimum Gasteiger partial charge on any atom is -0.506 e. The maximum absolute atomic E-state index is 12.4. The highest BCUT2D eigenvalue weighted by molar-refractivity contribution is 8.18. The highest BCUT2D eigenvalue weighted by Gasteiger charge is 2.33. The highest BCUT2D eigenvalue weighted by Crippen LogP contribution is 2.40. The van der Waals surface area contributed by atoms with E-state index in [2.05, 4.69) is 37.9 Å². The number of ether oxygens (including phenoxy) is 1. The molecular weight excluding hydrogens is 382 g/mol. The van der Waals surface area contributed by atoms with Gasteiger partial charge in [0.25, 0.3) is 0 Å². The van der Waals surface area contributed by atoms with Gasteiger partial charge in [-0.25, -0.2) is 9.79 Å². The predicted molar refractivity (Wildman–Crippen MR) is 121 cm³/mol. The van der Waals surface area contributed by atoms with Gasteiger partial charge in [0.05, 0.1) is 17.2 Å². The largest absolute Gasteiger partial charge is 0.506 e. The summed E-state index contributed by atoms with van der Waals surface area (Å²) in [5.74, 6) is -0.665. The second-order valence-electron chi connectivity index (χ2n) is 7.68. The van der Waals surface area contributed by atoms with Crippen molar-refractivity contribution in [1.82, 2.24) is 0 Å². The van der Waals surface area contributed by atoms with Crippen LogP contribution in [0.4, 0.5) is 5.69 Å². The Kier molecular flexibility index (Phi) is 6.28. The Hall–Kier alpha value is -2.79. The Morgan fingerprint density at radius 2 is 1.76 bits per heavy atom. The number of aliphatic imine (C=N–C) groups is 1. The number of aliphatic hydroxyl groups excluding tert-OH is 1. The van der Waals surface area contributed by atoms with Crippen LogP contribution in [0, 0.1) is 0 Å². The number of hydrogen-bond donors (Lipinski definition) is 1. The number of aliphatic hydroxyl groups is 1. The van der Waals surface area contributed by atoms with Gasteiger partial charge < -0.3 is 9.84 Å². The van der Waals surface area contributed by atoms with E-state index in [4.69, 9.17) is 4.74 Å². The van der Waals surface area contributed by atoms with Crippen LogP contribution in [-0.2, 0) is 14.9 Å². The molecule has 0 atom stereocenters. The summed E-state index contributed by atoms with van der Waals surface area (Å²) in [5.41, 5.74) is 3.06. The summed E-state index contributed by atoms with van der Waals surface area (Å²) in [4.78, 5) is 17.6. The fraction of sp³-hybridized carbons (Fsp3) is 0.250. The van der Waals surface area contributed by atoms with E-state index in [1.165, 1.54) is 17.3 Å². The smallest absolute Gasteiger partial charge is 0.344 e. The molecule has 0 aromatic heterocycles. The summed E-state index contributed by atoms with van der Waals surface area (Å²) in [7, 11) is 0. The van der Waals surface area contributed by atoms with Crippen LogP contribution in [-0.4, -0.2) is 22.7 Å². The summed E-state index contributed by atoms with van der Waals surface area (Å²) in [6, 6.07) is 17.5. The molecule has 29 heavy (non-hydrogen) atoms. The molecule has 0 saturated heterocycles. The molecule has 2 aromatic rings. The summed E-state index contributed by atoms with van der Waals surface area (Å²) in [6.07, 6.45) is 1.86. The fourth-order valence-corrected chi connectivity index (χ4v) is 3.88. The predicted octanol–water partition coefficient (Wildman–Crippen LogP) is 6.18. The third-order valence-corrected chi connectivity index (χ3v) is 5.45. The van der Waals surface area contributed by atoms with Gasteiger partial charge in [-0.1, -0.05) is 75.0 Å². The first-order chi connectivity index (χ1) is 13.8. The Labute approximate surface area is 176 Å². The van der Waals surface area contributed by atoms with Crippen molar-refractivity contribution in [2.45, 2.75) is 33.1 Å². The average molecular weight is 408 g/mol. The molecule has 2 aromatic carbocycles. The molecule has 1 aliphatic rings. The van der Waals surface area contributed by atoms with Crippen molar-refractivity contribution in [2.75, 3.05) is 6.61 Å². The Morgan fingerprint density at radius 3 is 2.34 bits per heavy atom. The molecule has 0 amide bonds. The normalized spacial score (nSPS) is 17.2. The number of carbonyl (C=O) groups is 1. The summed E-state index contributed by atoms with van der Waals surface area (Å²) in [6.45, 7) is 8.46. The van der Waals surface area contributed by atoms with Crippen LogP contribution < -0.4 is 0 Å². The third-order valence-electron chi connectivity index (χ3n) is 4.43. The van der Waals surface area contributed by atoms with E-state index >= 15 is 0 Å². The lowest BCUT2D eigenvalue weighted by atomic mass is 9.87. The first-order valence-corrected chi connectivity index (χ1v) is 10.4. The maximum atomic E-state index is 12.4. The molecule has 0 bridgehead atoms. The highest BCUT2D eigenvalue weighted by atomic mass is 32.2. The molecule has 3 rings (SSSR count). The number of rotatable bonds is 4. The van der Waals surface area contributed by atoms with Crippen LogP contribution >= 0.6 is 11.8 Å². The molecule has 0 unspecified atom stereocenters. The minimum atomic E-state index is -0.571. The molecule has 150 valence electrons. The van der Waals surface area contributed by atoms with E-state index in [-0.39, 0.29) is 23.4 Å². The van der Waals surface area contributed by atoms with Crippen molar-refractivity contribution < 1.29 is 14.6 Å². The molecule has 0 radical (unpaired) electrons. The number of carbonyl (C=O) groups excluding carboxylic acids is 1. The number of hydrogen-bond acceptors (Lipinski definition) is 5. The fourth-order valence-electron chi connectivity index (χ4n) is 2.84. The van der Waals surface area contributed by atoms with Crippen molar-refractivity contribution in [2.24, 2.45) is 4.99 Å². The van der Waals surface area contributed by atoms with Gasteiger partial charge in [0.1, 0.15) is 16.4 Å². The molecule has 1 heterocycles. The summed E-state index contributed by atoms with van der Waals surface area (Å²) in [5, 5.41) is 11.2. The van der Waals surface area contributed by atoms with Gasteiger partial charge in [0.15, 0.2) is 0 Å². The van der Waals surface area contributed by atoms with Crippen molar-refractivity contribution in [3.63, 3.8) is 0 Å². The van der Waals surface area contributed by atoms with Crippen LogP contribution in [0.15, 0.2) is 75.8 Å². The van der Waals surface area contributed by atoms with E-state index in [1.54, 1.807) is 6.92 Å². The van der Waals surface area contributed by atoms with Gasteiger partial charge in [-0.2, -0.15) is 0 Å². The van der Waals surface area contributed by atoms with Crippen molar-refractivity contribution in [1.29, 1.82) is 0 Å². The molecule has 4 nitrogen and oxygen atoms in total. The van der Waals surface area contributed by atoms with Crippen LogP contribution in [0.2, 0.25) is 0 Å². The van der Waals surface area contributed by atoms with Gasteiger partial charge in [0, 0.05) is 0 Å². The van der Waals surface area contributed by atoms with Crippen LogP contribution in [0.5, 0.6) is 0 Å². The summed E-state index contributed by atoms with van der Waals surface area (Å²) < 4.78 is 5.14. The molecule has 1 N–H and O–H groups in total. The molecule has 0 saturated carbocycles. The van der Waals surface area contributed by atoms with Crippen molar-refractivity contribution >= 4 is 34.5 Å². The zero-order chi connectivity index (χ0) is 21.0. The molecule has 0 fully saturated rings. The van der Waals surface area contributed by atoms with Gasteiger partial charge in [0.2, 0.25) is 0 Å². The molecule has 1 aliphatic heterocycles. The molecule has 0 spiro atoms.